The van der Waals surface area contributed by atoms with Crippen molar-refractivity contribution in [2.24, 2.45) is 0 Å². The maximum atomic E-state index is 6.25. The first-order chi connectivity index (χ1) is 27.2. The van der Waals surface area contributed by atoms with E-state index in [1.807, 2.05) is 23.5 Å². The van der Waals surface area contributed by atoms with E-state index >= 15 is 0 Å². The number of nitrogens with zero attached hydrogens (tertiary/aromatic N) is 1. The van der Waals surface area contributed by atoms with E-state index in [0.717, 1.165) is 50.1 Å². The monoisotopic (exact) mass is 719 g/mol. The van der Waals surface area contributed by atoms with Gasteiger partial charge in [-0.2, -0.15) is 0 Å². The summed E-state index contributed by atoms with van der Waals surface area (Å²) in [5, 5.41) is 7.38. The summed E-state index contributed by atoms with van der Waals surface area (Å²) in [7, 11) is 0. The van der Waals surface area contributed by atoms with E-state index in [-0.39, 0.29) is 0 Å². The molecule has 0 aliphatic rings. The van der Waals surface area contributed by atoms with Gasteiger partial charge in [-0.05, 0) is 105 Å². The van der Waals surface area contributed by atoms with Gasteiger partial charge < -0.3 is 9.32 Å². The van der Waals surface area contributed by atoms with Gasteiger partial charge in [0.1, 0.15) is 11.2 Å². The number of furan rings is 1. The van der Waals surface area contributed by atoms with Crippen molar-refractivity contribution in [3.05, 3.63) is 200 Å². The Balaban J connectivity index is 1.06. The molecule has 0 saturated heterocycles. The highest BCUT2D eigenvalue weighted by Gasteiger charge is 2.18. The SMILES string of the molecule is c1cc(-c2ccc3ccccc3c2)cc(N(c2ccc(-c3cccc4oc5ccccc5c34)cc2)c2cccc(-c3cccc4c3sc3ccccc34)c2)c1. The molecule has 11 aromatic rings. The summed E-state index contributed by atoms with van der Waals surface area (Å²) >= 11 is 1.87. The van der Waals surface area contributed by atoms with Crippen molar-refractivity contribution in [1.82, 2.24) is 0 Å². The Morgan fingerprint density at radius 3 is 1.85 bits per heavy atom. The first kappa shape index (κ1) is 31.6. The number of thiophene rings is 1. The minimum absolute atomic E-state index is 0.903. The summed E-state index contributed by atoms with van der Waals surface area (Å²) in [5.74, 6) is 0. The first-order valence-electron chi connectivity index (χ1n) is 18.7. The number of hydrogen-bond acceptors (Lipinski definition) is 3. The van der Waals surface area contributed by atoms with Crippen LogP contribution in [0.25, 0.3) is 86.3 Å². The predicted octanol–water partition coefficient (Wildman–Crippen LogP) is 15.6. The number of hydrogen-bond donors (Lipinski definition) is 0. The third-order valence-electron chi connectivity index (χ3n) is 10.8. The highest BCUT2D eigenvalue weighted by atomic mass is 32.1. The Labute approximate surface area is 322 Å². The Kier molecular flexibility index (Phi) is 7.39. The molecule has 0 aliphatic heterocycles. The van der Waals surface area contributed by atoms with Crippen molar-refractivity contribution in [3.8, 4) is 33.4 Å². The van der Waals surface area contributed by atoms with Crippen molar-refractivity contribution in [3.63, 3.8) is 0 Å². The van der Waals surface area contributed by atoms with Crippen LogP contribution >= 0.6 is 11.3 Å². The zero-order valence-corrected chi connectivity index (χ0v) is 30.6. The molecule has 2 aromatic heterocycles. The average Bonchev–Trinajstić information content (AvgIpc) is 3.83. The van der Waals surface area contributed by atoms with Crippen LogP contribution in [-0.2, 0) is 0 Å². The largest absolute Gasteiger partial charge is 0.456 e. The second-order valence-electron chi connectivity index (χ2n) is 14.1. The molecule has 0 atom stereocenters. The molecule has 11 rings (SSSR count). The fourth-order valence-electron chi connectivity index (χ4n) is 8.23. The summed E-state index contributed by atoms with van der Waals surface area (Å²) in [5.41, 5.74) is 12.2. The molecule has 9 aromatic carbocycles. The topological polar surface area (TPSA) is 16.4 Å². The summed E-state index contributed by atoms with van der Waals surface area (Å²) in [6.45, 7) is 0. The van der Waals surface area contributed by atoms with Crippen LogP contribution in [0.5, 0.6) is 0 Å². The van der Waals surface area contributed by atoms with Gasteiger partial charge in [-0.1, -0.05) is 140 Å². The fourth-order valence-corrected chi connectivity index (χ4v) is 9.47. The Morgan fingerprint density at radius 1 is 0.364 bits per heavy atom. The minimum atomic E-state index is 0.903. The number of rotatable bonds is 6. The Hall–Kier alpha value is -6.94. The lowest BCUT2D eigenvalue weighted by atomic mass is 9.98. The molecule has 2 heterocycles. The van der Waals surface area contributed by atoms with Gasteiger partial charge in [0.2, 0.25) is 0 Å². The van der Waals surface area contributed by atoms with Crippen LogP contribution in [0.15, 0.2) is 205 Å². The molecule has 0 amide bonds. The summed E-state index contributed by atoms with van der Waals surface area (Å²) < 4.78 is 8.88. The zero-order chi connectivity index (χ0) is 36.3. The van der Waals surface area contributed by atoms with Crippen LogP contribution in [0.1, 0.15) is 0 Å². The van der Waals surface area contributed by atoms with Gasteiger partial charge in [0.25, 0.3) is 0 Å². The van der Waals surface area contributed by atoms with Crippen LogP contribution in [0.2, 0.25) is 0 Å². The molecule has 0 fully saturated rings. The number of anilines is 3. The third-order valence-corrected chi connectivity index (χ3v) is 12.1. The quantitative estimate of drug-likeness (QED) is 0.170. The lowest BCUT2D eigenvalue weighted by molar-refractivity contribution is 0.669. The molecule has 3 heteroatoms. The molecule has 0 spiro atoms. The number of fused-ring (bicyclic) bond motifs is 7. The van der Waals surface area contributed by atoms with Crippen LogP contribution in [0, 0.1) is 0 Å². The maximum absolute atomic E-state index is 6.25. The van der Waals surface area contributed by atoms with Crippen LogP contribution < -0.4 is 4.90 Å². The van der Waals surface area contributed by atoms with Gasteiger partial charge in [0, 0.05) is 48.0 Å². The van der Waals surface area contributed by atoms with Crippen molar-refractivity contribution in [1.29, 1.82) is 0 Å². The molecule has 0 aliphatic carbocycles. The molecule has 0 bridgehead atoms. The minimum Gasteiger partial charge on any atom is -0.456 e. The summed E-state index contributed by atoms with van der Waals surface area (Å²) in [4.78, 5) is 2.39. The average molecular weight is 720 g/mol. The lowest BCUT2D eigenvalue weighted by Gasteiger charge is -2.27. The van der Waals surface area contributed by atoms with Crippen LogP contribution in [-0.4, -0.2) is 0 Å². The maximum Gasteiger partial charge on any atom is 0.136 e. The number of para-hydroxylation sites is 1. The van der Waals surface area contributed by atoms with Gasteiger partial charge in [0.05, 0.1) is 0 Å². The van der Waals surface area contributed by atoms with Gasteiger partial charge in [-0.3, -0.25) is 0 Å². The van der Waals surface area contributed by atoms with E-state index in [0.29, 0.717) is 0 Å². The molecular weight excluding hydrogens is 687 g/mol. The standard InChI is InChI=1S/C52H33NOS/c1-2-12-36-31-38(26-25-34(36)11-1)37-13-7-15-41(32-37)53(40-29-27-35(28-30-40)43-19-10-23-49-51(43)47-18-3-5-22-48(47)54-49)42-16-8-14-39(33-42)44-20-9-21-46-45-17-4-6-24-50(45)55-52(44)46/h1-33H. The van der Waals surface area contributed by atoms with Gasteiger partial charge in [0.15, 0.2) is 0 Å². The first-order valence-corrected chi connectivity index (χ1v) is 19.5. The molecule has 0 radical (unpaired) electrons. The highest BCUT2D eigenvalue weighted by molar-refractivity contribution is 7.26. The summed E-state index contributed by atoms with van der Waals surface area (Å²) in [6.07, 6.45) is 0. The molecule has 2 nitrogen and oxygen atoms in total. The van der Waals surface area contributed by atoms with E-state index in [2.05, 4.69) is 193 Å². The van der Waals surface area contributed by atoms with Crippen molar-refractivity contribution in [2.75, 3.05) is 4.90 Å². The second kappa shape index (κ2) is 12.9. The van der Waals surface area contributed by atoms with Crippen molar-refractivity contribution in [2.45, 2.75) is 0 Å². The molecule has 0 unspecified atom stereocenters. The van der Waals surface area contributed by atoms with E-state index in [9.17, 15) is 0 Å². The Bertz CT molecular complexity index is 3220. The molecule has 55 heavy (non-hydrogen) atoms. The van der Waals surface area contributed by atoms with E-state index in [1.54, 1.807) is 0 Å². The fraction of sp³-hybridized carbons (Fsp3) is 0. The number of benzene rings is 9. The smallest absolute Gasteiger partial charge is 0.136 e. The van der Waals surface area contributed by atoms with Gasteiger partial charge >= 0.3 is 0 Å². The Morgan fingerprint density at radius 2 is 0.982 bits per heavy atom. The van der Waals surface area contributed by atoms with E-state index in [4.69, 9.17) is 4.42 Å². The third kappa shape index (κ3) is 5.40. The second-order valence-corrected chi connectivity index (χ2v) is 15.2. The lowest BCUT2D eigenvalue weighted by Crippen LogP contribution is -2.10. The molecule has 0 N–H and O–H groups in total. The van der Waals surface area contributed by atoms with Crippen LogP contribution in [0.3, 0.4) is 0 Å². The van der Waals surface area contributed by atoms with E-state index < -0.39 is 0 Å². The molecule has 258 valence electrons. The van der Waals surface area contributed by atoms with Gasteiger partial charge in [-0.25, -0.2) is 0 Å². The highest BCUT2D eigenvalue weighted by Crippen LogP contribution is 2.44. The molecular formula is C52H33NOS. The predicted molar refractivity (Wildman–Crippen MR) is 235 cm³/mol. The molecule has 0 saturated carbocycles. The van der Waals surface area contributed by atoms with Gasteiger partial charge in [-0.15, -0.1) is 11.3 Å². The summed E-state index contributed by atoms with van der Waals surface area (Å²) in [6, 6.07) is 72.3. The van der Waals surface area contributed by atoms with E-state index in [1.165, 1.54) is 53.2 Å². The normalized spacial score (nSPS) is 11.6. The zero-order valence-electron chi connectivity index (χ0n) is 29.8. The van der Waals surface area contributed by atoms with Crippen LogP contribution in [0.4, 0.5) is 17.1 Å². The van der Waals surface area contributed by atoms with Crippen molar-refractivity contribution < 1.29 is 4.42 Å². The van der Waals surface area contributed by atoms with Crippen molar-refractivity contribution >= 4 is 81.3 Å².